The van der Waals surface area contributed by atoms with Crippen LogP contribution in [0, 0.1) is 5.41 Å². The maximum Gasteiger partial charge on any atom is 0.327 e. The van der Waals surface area contributed by atoms with Gasteiger partial charge in [-0.1, -0.05) is 13.5 Å². The highest BCUT2D eigenvalue weighted by Gasteiger charge is 2.20. The summed E-state index contributed by atoms with van der Waals surface area (Å²) < 4.78 is 0. The molecule has 0 fully saturated rings. The molecule has 0 amide bonds. The third-order valence-corrected chi connectivity index (χ3v) is 1.32. The highest BCUT2D eigenvalue weighted by molar-refractivity contribution is 5.78. The van der Waals surface area contributed by atoms with E-state index < -0.39 is 11.4 Å². The number of carboxylic acid groups (broad SMARTS) is 1. The van der Waals surface area contributed by atoms with Crippen molar-refractivity contribution < 1.29 is 25.2 Å². The van der Waals surface area contributed by atoms with Crippen LogP contribution < -0.4 is 0 Å². The van der Waals surface area contributed by atoms with Crippen molar-refractivity contribution in [2.45, 2.75) is 6.92 Å². The SMILES string of the molecule is C=CC(=O)O.CC(CO)(CO)CO. The van der Waals surface area contributed by atoms with E-state index in [9.17, 15) is 4.79 Å². The quantitative estimate of drug-likeness (QED) is 0.438. The molecule has 0 aromatic heterocycles. The molecule has 0 saturated heterocycles. The van der Waals surface area contributed by atoms with Gasteiger partial charge in [-0.25, -0.2) is 4.79 Å². The molecule has 0 aliphatic heterocycles. The summed E-state index contributed by atoms with van der Waals surface area (Å²) >= 11 is 0. The van der Waals surface area contributed by atoms with Crippen molar-refractivity contribution in [3.8, 4) is 0 Å². The molecule has 0 aliphatic rings. The molecule has 0 aliphatic carbocycles. The number of aliphatic hydroxyl groups excluding tert-OH is 3. The lowest BCUT2D eigenvalue weighted by atomic mass is 9.95. The average molecular weight is 192 g/mol. The number of aliphatic carboxylic acids is 1. The van der Waals surface area contributed by atoms with E-state index in [1.807, 2.05) is 0 Å². The van der Waals surface area contributed by atoms with Crippen molar-refractivity contribution in [1.82, 2.24) is 0 Å². The zero-order valence-corrected chi connectivity index (χ0v) is 7.60. The molecule has 0 rings (SSSR count). The summed E-state index contributed by atoms with van der Waals surface area (Å²) in [6, 6.07) is 0. The van der Waals surface area contributed by atoms with Crippen LogP contribution in [0.1, 0.15) is 6.92 Å². The second-order valence-corrected chi connectivity index (χ2v) is 2.83. The molecule has 78 valence electrons. The monoisotopic (exact) mass is 192 g/mol. The molecule has 0 heterocycles. The number of hydrogen-bond acceptors (Lipinski definition) is 4. The predicted octanol–water partition coefficient (Wildman–Crippen LogP) is -0.773. The second kappa shape index (κ2) is 7.72. The molecule has 4 N–H and O–H groups in total. The van der Waals surface area contributed by atoms with E-state index in [1.165, 1.54) is 0 Å². The Balaban J connectivity index is 0. The second-order valence-electron chi connectivity index (χ2n) is 2.83. The topological polar surface area (TPSA) is 98.0 Å². The van der Waals surface area contributed by atoms with E-state index in [1.54, 1.807) is 6.92 Å². The molecule has 0 unspecified atom stereocenters. The zero-order chi connectivity index (χ0) is 10.9. The minimum absolute atomic E-state index is 0.181. The molecular formula is C8H16O5. The first-order valence-electron chi connectivity index (χ1n) is 3.63. The molecule has 0 radical (unpaired) electrons. The average Bonchev–Trinajstić information content (AvgIpc) is 2.17. The van der Waals surface area contributed by atoms with Gasteiger partial charge in [-0.05, 0) is 0 Å². The largest absolute Gasteiger partial charge is 0.478 e. The highest BCUT2D eigenvalue weighted by atomic mass is 16.4. The van der Waals surface area contributed by atoms with Gasteiger partial charge < -0.3 is 20.4 Å². The number of rotatable bonds is 4. The van der Waals surface area contributed by atoms with Crippen LogP contribution in [0.2, 0.25) is 0 Å². The summed E-state index contributed by atoms with van der Waals surface area (Å²) in [5, 5.41) is 33.0. The summed E-state index contributed by atoms with van der Waals surface area (Å²) in [7, 11) is 0. The predicted molar refractivity (Wildman–Crippen MR) is 47.2 cm³/mol. The summed E-state index contributed by atoms with van der Waals surface area (Å²) in [6.45, 7) is 4.02. The van der Waals surface area contributed by atoms with Gasteiger partial charge in [-0.15, -0.1) is 0 Å². The van der Waals surface area contributed by atoms with Crippen molar-refractivity contribution in [2.24, 2.45) is 5.41 Å². The van der Waals surface area contributed by atoms with E-state index >= 15 is 0 Å². The Labute approximate surface area is 76.9 Å². The Bertz CT molecular complexity index is 142. The van der Waals surface area contributed by atoms with E-state index in [0.717, 1.165) is 6.08 Å². The van der Waals surface area contributed by atoms with Crippen LogP contribution in [0.25, 0.3) is 0 Å². The molecular weight excluding hydrogens is 176 g/mol. The minimum Gasteiger partial charge on any atom is -0.478 e. The maximum absolute atomic E-state index is 9.25. The molecule has 0 bridgehead atoms. The smallest absolute Gasteiger partial charge is 0.327 e. The fraction of sp³-hybridized carbons (Fsp3) is 0.625. The van der Waals surface area contributed by atoms with Gasteiger partial charge in [0.25, 0.3) is 0 Å². The van der Waals surface area contributed by atoms with Crippen LogP contribution in [-0.2, 0) is 4.79 Å². The first kappa shape index (κ1) is 14.6. The first-order chi connectivity index (χ1) is 5.95. The van der Waals surface area contributed by atoms with Gasteiger partial charge in [0, 0.05) is 11.5 Å². The van der Waals surface area contributed by atoms with Crippen LogP contribution in [0.4, 0.5) is 0 Å². The Morgan fingerprint density at radius 1 is 1.31 bits per heavy atom. The minimum atomic E-state index is -0.981. The van der Waals surface area contributed by atoms with E-state index in [2.05, 4.69) is 6.58 Å². The van der Waals surface area contributed by atoms with Crippen molar-refractivity contribution >= 4 is 5.97 Å². The van der Waals surface area contributed by atoms with Crippen LogP contribution in [-0.4, -0.2) is 46.2 Å². The van der Waals surface area contributed by atoms with Gasteiger partial charge in [-0.2, -0.15) is 0 Å². The number of aliphatic hydroxyl groups is 3. The molecule has 0 saturated carbocycles. The van der Waals surface area contributed by atoms with Crippen LogP contribution in [0.5, 0.6) is 0 Å². The van der Waals surface area contributed by atoms with Gasteiger partial charge in [-0.3, -0.25) is 0 Å². The Morgan fingerprint density at radius 2 is 1.54 bits per heavy atom. The third kappa shape index (κ3) is 9.00. The number of carbonyl (C=O) groups is 1. The Morgan fingerprint density at radius 3 is 1.54 bits per heavy atom. The van der Waals surface area contributed by atoms with Crippen LogP contribution in [0.3, 0.4) is 0 Å². The van der Waals surface area contributed by atoms with Crippen LogP contribution >= 0.6 is 0 Å². The van der Waals surface area contributed by atoms with E-state index in [-0.39, 0.29) is 19.8 Å². The molecule has 5 heteroatoms. The highest BCUT2D eigenvalue weighted by Crippen LogP contribution is 2.10. The third-order valence-electron chi connectivity index (χ3n) is 1.32. The van der Waals surface area contributed by atoms with Crippen molar-refractivity contribution in [2.75, 3.05) is 19.8 Å². The van der Waals surface area contributed by atoms with Gasteiger partial charge in [0.05, 0.1) is 19.8 Å². The van der Waals surface area contributed by atoms with Crippen LogP contribution in [0.15, 0.2) is 12.7 Å². The van der Waals surface area contributed by atoms with E-state index in [0.29, 0.717) is 0 Å². The number of carboxylic acids is 1. The Kier molecular flexibility index (Phi) is 8.68. The van der Waals surface area contributed by atoms with Crippen molar-refractivity contribution in [1.29, 1.82) is 0 Å². The molecule has 5 nitrogen and oxygen atoms in total. The van der Waals surface area contributed by atoms with Crippen molar-refractivity contribution in [3.05, 3.63) is 12.7 Å². The lowest BCUT2D eigenvalue weighted by Crippen LogP contribution is -2.29. The lowest BCUT2D eigenvalue weighted by Gasteiger charge is -2.20. The summed E-state index contributed by atoms with van der Waals surface area (Å²) in [4.78, 5) is 9.25. The van der Waals surface area contributed by atoms with Gasteiger partial charge >= 0.3 is 5.97 Å². The summed E-state index contributed by atoms with van der Waals surface area (Å²) in [5.74, 6) is -0.981. The fourth-order valence-corrected chi connectivity index (χ4v) is 0.150. The van der Waals surface area contributed by atoms with Crippen molar-refractivity contribution in [3.63, 3.8) is 0 Å². The molecule has 13 heavy (non-hydrogen) atoms. The normalized spacial score (nSPS) is 9.85. The van der Waals surface area contributed by atoms with Gasteiger partial charge in [0.1, 0.15) is 0 Å². The number of hydrogen-bond donors (Lipinski definition) is 4. The molecule has 0 spiro atoms. The van der Waals surface area contributed by atoms with Gasteiger partial charge in [0.2, 0.25) is 0 Å². The molecule has 0 aromatic carbocycles. The Hall–Kier alpha value is -0.910. The lowest BCUT2D eigenvalue weighted by molar-refractivity contribution is -0.131. The standard InChI is InChI=1S/C5H12O3.C3H4O2/c1-5(2-6,3-7)4-8;1-2-3(4)5/h6-8H,2-4H2,1H3;2H,1H2,(H,4,5). The molecule has 0 aromatic rings. The fourth-order valence-electron chi connectivity index (χ4n) is 0.150. The zero-order valence-electron chi connectivity index (χ0n) is 7.60. The molecule has 0 atom stereocenters. The summed E-state index contributed by atoms with van der Waals surface area (Å²) in [6.07, 6.45) is 0.833. The maximum atomic E-state index is 9.25. The van der Waals surface area contributed by atoms with Gasteiger partial charge in [0.15, 0.2) is 0 Å². The van der Waals surface area contributed by atoms with E-state index in [4.69, 9.17) is 20.4 Å². The summed E-state index contributed by atoms with van der Waals surface area (Å²) in [5.41, 5.74) is -0.708. The first-order valence-corrected chi connectivity index (χ1v) is 3.63.